The van der Waals surface area contributed by atoms with E-state index in [0.717, 1.165) is 50.2 Å². The molecule has 0 saturated carbocycles. The van der Waals surface area contributed by atoms with Crippen LogP contribution in [0.3, 0.4) is 0 Å². The Labute approximate surface area is 193 Å². The van der Waals surface area contributed by atoms with Gasteiger partial charge in [0.05, 0.1) is 18.6 Å². The third-order valence-electron chi connectivity index (χ3n) is 5.20. The van der Waals surface area contributed by atoms with Crippen LogP contribution in [0.15, 0.2) is 64.0 Å². The molecule has 0 N–H and O–H groups in total. The fourth-order valence-electron chi connectivity index (χ4n) is 3.63. The van der Waals surface area contributed by atoms with Crippen LogP contribution in [0.4, 0.5) is 4.79 Å². The second-order valence-corrected chi connectivity index (χ2v) is 9.17. The summed E-state index contributed by atoms with van der Waals surface area (Å²) in [5.41, 5.74) is 4.83. The zero-order chi connectivity index (χ0) is 22.1. The van der Waals surface area contributed by atoms with Gasteiger partial charge in [0.1, 0.15) is 5.75 Å². The summed E-state index contributed by atoms with van der Waals surface area (Å²) < 4.78 is 8.41. The Morgan fingerprint density at radius 3 is 2.52 bits per heavy atom. The molecular weight excluding hydrogens is 476 g/mol. The second kappa shape index (κ2) is 8.77. The van der Waals surface area contributed by atoms with Gasteiger partial charge in [-0.3, -0.25) is 14.5 Å². The van der Waals surface area contributed by atoms with Crippen LogP contribution in [-0.4, -0.2) is 27.7 Å². The Morgan fingerprint density at radius 1 is 1.06 bits per heavy atom. The number of halogens is 1. The number of rotatable bonds is 5. The number of aromatic nitrogens is 1. The van der Waals surface area contributed by atoms with Crippen molar-refractivity contribution in [2.75, 3.05) is 7.11 Å². The van der Waals surface area contributed by atoms with Crippen LogP contribution in [-0.2, 0) is 11.3 Å². The summed E-state index contributed by atoms with van der Waals surface area (Å²) in [6.45, 7) is 4.28. The van der Waals surface area contributed by atoms with Crippen molar-refractivity contribution >= 4 is 44.9 Å². The fourth-order valence-corrected chi connectivity index (χ4v) is 4.72. The molecule has 3 aromatic rings. The highest BCUT2D eigenvalue weighted by atomic mass is 79.9. The first-order valence-corrected chi connectivity index (χ1v) is 11.3. The maximum absolute atomic E-state index is 12.9. The van der Waals surface area contributed by atoms with E-state index in [2.05, 4.69) is 20.5 Å². The predicted molar refractivity (Wildman–Crippen MR) is 127 cm³/mol. The van der Waals surface area contributed by atoms with Crippen molar-refractivity contribution in [3.63, 3.8) is 0 Å². The number of hydrogen-bond acceptors (Lipinski definition) is 4. The first-order chi connectivity index (χ1) is 14.9. The minimum Gasteiger partial charge on any atom is -0.497 e. The van der Waals surface area contributed by atoms with E-state index in [0.29, 0.717) is 4.91 Å². The maximum atomic E-state index is 12.9. The lowest BCUT2D eigenvalue weighted by atomic mass is 10.2. The molecule has 5 nitrogen and oxygen atoms in total. The number of thioether (sulfide) groups is 1. The Hall–Kier alpha value is -2.77. The standard InChI is InChI=1S/C24H21BrN2O3S/c1-15-11-18(16(2)27(15)20-5-4-6-21(13-20)30-3)12-22-23(28)26(24(29)31-22)14-17-7-9-19(25)10-8-17/h4-13H,14H2,1-3H3/b22-12-. The Balaban J connectivity index is 1.62. The van der Waals surface area contributed by atoms with E-state index >= 15 is 0 Å². The number of nitrogens with zero attached hydrogens (tertiary/aromatic N) is 2. The van der Waals surface area contributed by atoms with Gasteiger partial charge in [0.15, 0.2) is 0 Å². The third-order valence-corrected chi connectivity index (χ3v) is 6.63. The molecule has 0 radical (unpaired) electrons. The van der Waals surface area contributed by atoms with E-state index in [1.54, 1.807) is 7.11 Å². The van der Waals surface area contributed by atoms with Crippen molar-refractivity contribution in [1.29, 1.82) is 0 Å². The van der Waals surface area contributed by atoms with Gasteiger partial charge in [0, 0.05) is 27.6 Å². The summed E-state index contributed by atoms with van der Waals surface area (Å²) in [4.78, 5) is 27.2. The molecule has 1 saturated heterocycles. The number of aryl methyl sites for hydroxylation is 1. The molecule has 2 amide bonds. The molecule has 4 rings (SSSR count). The summed E-state index contributed by atoms with van der Waals surface area (Å²) in [5, 5.41) is -0.249. The van der Waals surface area contributed by atoms with Crippen LogP contribution in [0.25, 0.3) is 11.8 Å². The van der Waals surface area contributed by atoms with Crippen molar-refractivity contribution < 1.29 is 14.3 Å². The molecule has 2 aromatic carbocycles. The average molecular weight is 497 g/mol. The van der Waals surface area contributed by atoms with Gasteiger partial charge >= 0.3 is 0 Å². The average Bonchev–Trinajstić information content (AvgIpc) is 3.19. The molecule has 0 atom stereocenters. The van der Waals surface area contributed by atoms with Crippen molar-refractivity contribution in [2.24, 2.45) is 0 Å². The Kier molecular flexibility index (Phi) is 6.07. The van der Waals surface area contributed by atoms with Gasteiger partial charge in [0.25, 0.3) is 11.1 Å². The molecule has 7 heteroatoms. The minimum atomic E-state index is -0.260. The largest absolute Gasteiger partial charge is 0.497 e. The zero-order valence-electron chi connectivity index (χ0n) is 17.4. The minimum absolute atomic E-state index is 0.249. The SMILES string of the molecule is COc1cccc(-n2c(C)cc(/C=C3\SC(=O)N(Cc4ccc(Br)cc4)C3=O)c2C)c1. The summed E-state index contributed by atoms with van der Waals surface area (Å²) >= 11 is 4.38. The number of hydrogen-bond donors (Lipinski definition) is 0. The van der Waals surface area contributed by atoms with E-state index in [-0.39, 0.29) is 17.7 Å². The molecule has 0 bridgehead atoms. The molecule has 1 aromatic heterocycles. The van der Waals surface area contributed by atoms with E-state index in [1.165, 1.54) is 4.90 Å². The highest BCUT2D eigenvalue weighted by Gasteiger charge is 2.35. The van der Waals surface area contributed by atoms with Crippen LogP contribution in [0, 0.1) is 13.8 Å². The maximum Gasteiger partial charge on any atom is 0.293 e. The van der Waals surface area contributed by atoms with Crippen molar-refractivity contribution in [1.82, 2.24) is 9.47 Å². The molecule has 1 fully saturated rings. The molecule has 1 aliphatic rings. The highest BCUT2D eigenvalue weighted by molar-refractivity contribution is 9.10. The fraction of sp³-hybridized carbons (Fsp3) is 0.167. The van der Waals surface area contributed by atoms with E-state index in [1.807, 2.05) is 74.5 Å². The summed E-state index contributed by atoms with van der Waals surface area (Å²) in [6.07, 6.45) is 1.81. The van der Waals surface area contributed by atoms with Crippen LogP contribution in [0.2, 0.25) is 0 Å². The first kappa shape index (κ1) is 21.5. The van der Waals surface area contributed by atoms with Gasteiger partial charge in [-0.1, -0.05) is 34.1 Å². The highest BCUT2D eigenvalue weighted by Crippen LogP contribution is 2.35. The van der Waals surface area contributed by atoms with E-state index < -0.39 is 0 Å². The van der Waals surface area contributed by atoms with Crippen LogP contribution < -0.4 is 4.74 Å². The second-order valence-electron chi connectivity index (χ2n) is 7.26. The van der Waals surface area contributed by atoms with Crippen molar-refractivity contribution in [2.45, 2.75) is 20.4 Å². The number of carbonyl (C=O) groups excluding carboxylic acids is 2. The van der Waals surface area contributed by atoms with Gasteiger partial charge in [-0.25, -0.2) is 0 Å². The topological polar surface area (TPSA) is 51.5 Å². The Morgan fingerprint density at radius 2 is 1.81 bits per heavy atom. The van der Waals surface area contributed by atoms with Gasteiger partial charge in [-0.15, -0.1) is 0 Å². The number of imide groups is 1. The zero-order valence-corrected chi connectivity index (χ0v) is 19.8. The summed E-state index contributed by atoms with van der Waals surface area (Å²) in [6, 6.07) is 17.5. The number of amides is 2. The molecule has 2 heterocycles. The normalized spacial score (nSPS) is 15.2. The third kappa shape index (κ3) is 4.34. The quantitative estimate of drug-likeness (QED) is 0.400. The number of methoxy groups -OCH3 is 1. The number of carbonyl (C=O) groups is 2. The van der Waals surface area contributed by atoms with Crippen molar-refractivity contribution in [3.05, 3.63) is 86.5 Å². The summed E-state index contributed by atoms with van der Waals surface area (Å²) in [7, 11) is 1.64. The first-order valence-electron chi connectivity index (χ1n) is 9.70. The van der Waals surface area contributed by atoms with Gasteiger partial charge in [-0.2, -0.15) is 0 Å². The van der Waals surface area contributed by atoms with Crippen molar-refractivity contribution in [3.8, 4) is 11.4 Å². The van der Waals surface area contributed by atoms with Crippen LogP contribution in [0.5, 0.6) is 5.75 Å². The van der Waals surface area contributed by atoms with Gasteiger partial charge < -0.3 is 9.30 Å². The summed E-state index contributed by atoms with van der Waals surface area (Å²) in [5.74, 6) is 0.518. The molecule has 1 aliphatic heterocycles. The predicted octanol–water partition coefficient (Wildman–Crippen LogP) is 6.10. The molecule has 0 unspecified atom stereocenters. The molecule has 158 valence electrons. The van der Waals surface area contributed by atoms with Gasteiger partial charge in [-0.05, 0) is 73.1 Å². The molecular formula is C24H21BrN2O3S. The van der Waals surface area contributed by atoms with Crippen LogP contribution >= 0.6 is 27.7 Å². The molecule has 0 spiro atoms. The number of ether oxygens (including phenoxy) is 1. The lowest BCUT2D eigenvalue weighted by molar-refractivity contribution is -0.123. The van der Waals surface area contributed by atoms with E-state index in [9.17, 15) is 9.59 Å². The Bertz CT molecular complexity index is 1200. The smallest absolute Gasteiger partial charge is 0.293 e. The number of benzene rings is 2. The molecule has 0 aliphatic carbocycles. The van der Waals surface area contributed by atoms with Gasteiger partial charge in [0.2, 0.25) is 0 Å². The van der Waals surface area contributed by atoms with E-state index in [4.69, 9.17) is 4.74 Å². The monoisotopic (exact) mass is 496 g/mol. The lowest BCUT2D eigenvalue weighted by Gasteiger charge is -2.12. The van der Waals surface area contributed by atoms with Crippen LogP contribution in [0.1, 0.15) is 22.5 Å². The lowest BCUT2D eigenvalue weighted by Crippen LogP contribution is -2.27. The molecule has 31 heavy (non-hydrogen) atoms.